The molecule has 0 atom stereocenters. The molecule has 0 fully saturated rings. The number of carboxylic acids is 1. The van der Waals surface area contributed by atoms with Gasteiger partial charge in [0.05, 0.1) is 29.4 Å². The maximum Gasteiger partial charge on any atom is 0.335 e. The van der Waals surface area contributed by atoms with Gasteiger partial charge in [0.25, 0.3) is 6.43 Å². The maximum absolute atomic E-state index is 12.3. The average molecular weight is 323 g/mol. The van der Waals surface area contributed by atoms with Gasteiger partial charge in [-0.1, -0.05) is 11.6 Å². The van der Waals surface area contributed by atoms with Crippen molar-refractivity contribution in [2.75, 3.05) is 25.0 Å². The van der Waals surface area contributed by atoms with Crippen LogP contribution in [-0.2, 0) is 0 Å². The number of hydrogen-bond acceptors (Lipinski definition) is 3. The topological polar surface area (TPSA) is 89.9 Å². The Hall–Kier alpha value is -1.93. The number of hydrogen-bond donors (Lipinski definition) is 3. The maximum atomic E-state index is 12.3. The molecule has 0 spiro atoms. The van der Waals surface area contributed by atoms with Gasteiger partial charge < -0.3 is 20.4 Å². The molecule has 2 amide bonds. The average Bonchev–Trinajstić information content (AvgIpc) is 2.40. The lowest BCUT2D eigenvalue weighted by Gasteiger charge is -2.22. The summed E-state index contributed by atoms with van der Waals surface area (Å²) < 4.78 is 24.7. The van der Waals surface area contributed by atoms with Crippen LogP contribution in [0.15, 0.2) is 18.2 Å². The number of benzene rings is 1. The van der Waals surface area contributed by atoms with E-state index in [-0.39, 0.29) is 22.8 Å². The van der Waals surface area contributed by atoms with Crippen molar-refractivity contribution >= 4 is 29.3 Å². The number of carbonyl (C=O) groups excluding carboxylic acids is 1. The van der Waals surface area contributed by atoms with Crippen LogP contribution in [0.25, 0.3) is 0 Å². The van der Waals surface area contributed by atoms with E-state index < -0.39 is 31.6 Å². The molecule has 0 aliphatic carbocycles. The predicted octanol–water partition coefficient (Wildman–Crippen LogP) is 2.13. The first-order valence-electron chi connectivity index (χ1n) is 5.83. The van der Waals surface area contributed by atoms with Crippen molar-refractivity contribution in [3.8, 4) is 0 Å². The largest absolute Gasteiger partial charge is 0.478 e. The summed E-state index contributed by atoms with van der Waals surface area (Å²) in [6, 6.07) is 2.71. The van der Waals surface area contributed by atoms with Gasteiger partial charge in [-0.05, 0) is 18.2 Å². The molecule has 0 saturated carbocycles. The Bertz CT molecular complexity index is 528. The number of carboxylic acid groups (broad SMARTS) is 1. The fourth-order valence-electron chi connectivity index (χ4n) is 1.51. The highest BCUT2D eigenvalue weighted by atomic mass is 35.5. The number of nitrogens with one attached hydrogen (secondary N) is 1. The minimum atomic E-state index is -2.76. The molecule has 1 rings (SSSR count). The number of alkyl halides is 2. The van der Waals surface area contributed by atoms with Gasteiger partial charge in [-0.15, -0.1) is 0 Å². The van der Waals surface area contributed by atoms with Gasteiger partial charge in [-0.2, -0.15) is 0 Å². The van der Waals surface area contributed by atoms with Crippen molar-refractivity contribution in [2.24, 2.45) is 0 Å². The van der Waals surface area contributed by atoms with E-state index >= 15 is 0 Å². The number of aliphatic hydroxyl groups is 1. The highest BCUT2D eigenvalue weighted by Crippen LogP contribution is 2.23. The van der Waals surface area contributed by atoms with Gasteiger partial charge in [0, 0.05) is 6.54 Å². The smallest absolute Gasteiger partial charge is 0.335 e. The van der Waals surface area contributed by atoms with Gasteiger partial charge in [-0.3, -0.25) is 0 Å². The molecule has 3 N–H and O–H groups in total. The molecule has 9 heteroatoms. The second-order valence-electron chi connectivity index (χ2n) is 3.99. The van der Waals surface area contributed by atoms with Crippen LogP contribution in [0.2, 0.25) is 5.02 Å². The van der Waals surface area contributed by atoms with E-state index in [9.17, 15) is 18.4 Å². The summed E-state index contributed by atoms with van der Waals surface area (Å²) in [6.07, 6.45) is -2.76. The first-order chi connectivity index (χ1) is 9.85. The Morgan fingerprint density at radius 2 is 2.05 bits per heavy atom. The molecule has 0 aliphatic heterocycles. The van der Waals surface area contributed by atoms with E-state index in [1.54, 1.807) is 0 Å². The highest BCUT2D eigenvalue weighted by molar-refractivity contribution is 6.33. The molecule has 1 aromatic carbocycles. The van der Waals surface area contributed by atoms with E-state index in [1.807, 2.05) is 0 Å². The quantitative estimate of drug-likeness (QED) is 0.748. The molecule has 0 unspecified atom stereocenters. The van der Waals surface area contributed by atoms with Crippen LogP contribution < -0.4 is 5.32 Å². The summed E-state index contributed by atoms with van der Waals surface area (Å²) >= 11 is 5.81. The Morgan fingerprint density at radius 1 is 1.38 bits per heavy atom. The number of halogens is 3. The number of rotatable bonds is 6. The Kier molecular flexibility index (Phi) is 6.32. The van der Waals surface area contributed by atoms with Crippen LogP contribution in [0.5, 0.6) is 0 Å². The van der Waals surface area contributed by atoms with E-state index in [4.69, 9.17) is 21.8 Å². The fourth-order valence-corrected chi connectivity index (χ4v) is 1.68. The lowest BCUT2D eigenvalue weighted by Crippen LogP contribution is -2.40. The number of aromatic carboxylic acids is 1. The summed E-state index contributed by atoms with van der Waals surface area (Å²) in [4.78, 5) is 23.4. The third kappa shape index (κ3) is 5.16. The van der Waals surface area contributed by atoms with Crippen molar-refractivity contribution in [3.63, 3.8) is 0 Å². The van der Waals surface area contributed by atoms with Gasteiger partial charge >= 0.3 is 12.0 Å². The molecular weight excluding hydrogens is 310 g/mol. The first-order valence-corrected chi connectivity index (χ1v) is 6.20. The third-order valence-electron chi connectivity index (χ3n) is 2.47. The van der Waals surface area contributed by atoms with E-state index in [0.29, 0.717) is 4.90 Å². The number of aliphatic hydroxyl groups excluding tert-OH is 1. The van der Waals surface area contributed by atoms with Crippen molar-refractivity contribution in [1.82, 2.24) is 4.90 Å². The molecule has 0 aliphatic rings. The molecule has 116 valence electrons. The first kappa shape index (κ1) is 17.1. The lowest BCUT2D eigenvalue weighted by atomic mass is 10.2. The van der Waals surface area contributed by atoms with Crippen LogP contribution in [0.1, 0.15) is 10.4 Å². The zero-order valence-corrected chi connectivity index (χ0v) is 11.5. The zero-order valence-electron chi connectivity index (χ0n) is 10.7. The minimum absolute atomic E-state index is 0.0150. The monoisotopic (exact) mass is 322 g/mol. The summed E-state index contributed by atoms with van der Waals surface area (Å²) in [5, 5.41) is 19.9. The number of carbonyl (C=O) groups is 2. The van der Waals surface area contributed by atoms with Crippen LogP contribution >= 0.6 is 11.6 Å². The molecular formula is C12H13ClF2N2O4. The molecule has 1 aromatic rings. The Labute approximate surface area is 123 Å². The van der Waals surface area contributed by atoms with Crippen molar-refractivity contribution < 1.29 is 28.6 Å². The van der Waals surface area contributed by atoms with E-state index in [2.05, 4.69) is 5.32 Å². The second-order valence-corrected chi connectivity index (χ2v) is 4.40. The van der Waals surface area contributed by atoms with Crippen LogP contribution in [-0.4, -0.2) is 53.2 Å². The van der Waals surface area contributed by atoms with Gasteiger partial charge in [0.1, 0.15) is 0 Å². The van der Waals surface area contributed by atoms with Gasteiger partial charge in [-0.25, -0.2) is 18.4 Å². The minimum Gasteiger partial charge on any atom is -0.478 e. The molecule has 0 bridgehead atoms. The third-order valence-corrected chi connectivity index (χ3v) is 2.80. The lowest BCUT2D eigenvalue weighted by molar-refractivity contribution is 0.0697. The van der Waals surface area contributed by atoms with Crippen LogP contribution in [0.4, 0.5) is 19.3 Å². The molecule has 0 heterocycles. The van der Waals surface area contributed by atoms with Crippen molar-refractivity contribution in [1.29, 1.82) is 0 Å². The number of amides is 2. The van der Waals surface area contributed by atoms with Crippen LogP contribution in [0, 0.1) is 0 Å². The summed E-state index contributed by atoms with van der Waals surface area (Å²) in [7, 11) is 0. The second kappa shape index (κ2) is 7.75. The van der Waals surface area contributed by atoms with Crippen LogP contribution in [0.3, 0.4) is 0 Å². The van der Waals surface area contributed by atoms with Gasteiger partial charge in [0.15, 0.2) is 0 Å². The molecule has 0 aromatic heterocycles. The molecule has 6 nitrogen and oxygen atoms in total. The number of urea groups is 1. The Balaban J connectivity index is 2.89. The summed E-state index contributed by atoms with van der Waals surface area (Å²) in [5.74, 6) is -1.22. The highest BCUT2D eigenvalue weighted by Gasteiger charge is 2.19. The Morgan fingerprint density at radius 3 is 2.57 bits per heavy atom. The SMILES string of the molecule is O=C(O)c1ccc(Cl)c(NC(=O)N(CCO)CC(F)F)c1. The molecule has 21 heavy (non-hydrogen) atoms. The molecule has 0 saturated heterocycles. The van der Waals surface area contributed by atoms with Crippen molar-refractivity contribution in [3.05, 3.63) is 28.8 Å². The van der Waals surface area contributed by atoms with E-state index in [1.165, 1.54) is 12.1 Å². The summed E-state index contributed by atoms with van der Waals surface area (Å²) in [6.45, 7) is -1.63. The summed E-state index contributed by atoms with van der Waals surface area (Å²) in [5.41, 5.74) is -0.129. The molecule has 0 radical (unpaired) electrons. The fraction of sp³-hybridized carbons (Fsp3) is 0.333. The number of anilines is 1. The van der Waals surface area contributed by atoms with Crippen molar-refractivity contribution in [2.45, 2.75) is 6.43 Å². The zero-order chi connectivity index (χ0) is 16.0. The van der Waals surface area contributed by atoms with Gasteiger partial charge in [0.2, 0.25) is 0 Å². The standard InChI is InChI=1S/C12H13ClF2N2O4/c13-8-2-1-7(11(19)20)5-9(8)16-12(21)17(3-4-18)6-10(14)15/h1-2,5,10,18H,3-4,6H2,(H,16,21)(H,19,20). The normalized spacial score (nSPS) is 10.5. The predicted molar refractivity (Wildman–Crippen MR) is 72.1 cm³/mol. The van der Waals surface area contributed by atoms with E-state index in [0.717, 1.165) is 6.07 Å². The number of nitrogens with zero attached hydrogens (tertiary/aromatic N) is 1.